The normalized spacial score (nSPS) is 14.1. The van der Waals surface area contributed by atoms with E-state index in [2.05, 4.69) is 6.58 Å². The van der Waals surface area contributed by atoms with E-state index in [1.165, 1.54) is 23.1 Å². The quantitative estimate of drug-likeness (QED) is 0.593. The van der Waals surface area contributed by atoms with E-state index < -0.39 is 17.5 Å². The molecule has 0 aromatic heterocycles. The van der Waals surface area contributed by atoms with Crippen LogP contribution < -0.4 is 4.90 Å². The maximum Gasteiger partial charge on any atom is 0.299 e. The second-order valence-electron chi connectivity index (χ2n) is 4.15. The molecule has 1 amide bonds. The zero-order chi connectivity index (χ0) is 12.6. The predicted octanol–water partition coefficient (Wildman–Crippen LogP) is 2.32. The average Bonchev–Trinajstić information content (AvgIpc) is 2.49. The molecule has 0 atom stereocenters. The van der Waals surface area contributed by atoms with Crippen molar-refractivity contribution in [2.75, 3.05) is 11.4 Å². The number of hydrogen-bond acceptors (Lipinski definition) is 2. The monoisotopic (exact) mass is 233 g/mol. The molecule has 2 rings (SSSR count). The van der Waals surface area contributed by atoms with Gasteiger partial charge in [-0.05, 0) is 31.5 Å². The SMILES string of the molecule is C=C(C)CCN1C(=O)C(=O)c2ccc(F)cc21. The molecule has 0 N–H and O–H groups in total. The second kappa shape index (κ2) is 4.13. The Kier molecular flexibility index (Phi) is 2.79. The van der Waals surface area contributed by atoms with Crippen LogP contribution in [0.15, 0.2) is 30.4 Å². The summed E-state index contributed by atoms with van der Waals surface area (Å²) in [5.41, 5.74) is 1.55. The van der Waals surface area contributed by atoms with Crippen LogP contribution in [0, 0.1) is 5.82 Å². The highest BCUT2D eigenvalue weighted by Gasteiger charge is 2.35. The van der Waals surface area contributed by atoms with E-state index in [0.717, 1.165) is 5.57 Å². The van der Waals surface area contributed by atoms with Gasteiger partial charge in [0.15, 0.2) is 0 Å². The summed E-state index contributed by atoms with van der Waals surface area (Å²) in [7, 11) is 0. The van der Waals surface area contributed by atoms with E-state index in [1.54, 1.807) is 0 Å². The smallest absolute Gasteiger partial charge is 0.299 e. The number of carbonyl (C=O) groups excluding carboxylic acids is 2. The molecule has 0 radical (unpaired) electrons. The predicted molar refractivity (Wildman–Crippen MR) is 62.5 cm³/mol. The minimum atomic E-state index is -0.591. The summed E-state index contributed by atoms with van der Waals surface area (Å²) in [6.45, 7) is 5.94. The lowest BCUT2D eigenvalue weighted by Crippen LogP contribution is -2.30. The fourth-order valence-corrected chi connectivity index (χ4v) is 1.79. The van der Waals surface area contributed by atoms with Crippen LogP contribution in [-0.2, 0) is 4.79 Å². The van der Waals surface area contributed by atoms with Gasteiger partial charge >= 0.3 is 0 Å². The minimum Gasteiger partial charge on any atom is -0.304 e. The van der Waals surface area contributed by atoms with Crippen molar-refractivity contribution in [3.05, 3.63) is 41.7 Å². The van der Waals surface area contributed by atoms with E-state index in [1.807, 2.05) is 6.92 Å². The van der Waals surface area contributed by atoms with Gasteiger partial charge in [0.25, 0.3) is 11.7 Å². The van der Waals surface area contributed by atoms with Gasteiger partial charge in [-0.3, -0.25) is 9.59 Å². The van der Waals surface area contributed by atoms with Crippen molar-refractivity contribution in [2.24, 2.45) is 0 Å². The average molecular weight is 233 g/mol. The molecule has 1 aromatic rings. The fraction of sp³-hybridized carbons (Fsp3) is 0.231. The molecule has 0 aliphatic carbocycles. The van der Waals surface area contributed by atoms with Crippen LogP contribution in [0.4, 0.5) is 10.1 Å². The van der Waals surface area contributed by atoms with Gasteiger partial charge in [-0.2, -0.15) is 0 Å². The number of carbonyl (C=O) groups is 2. The van der Waals surface area contributed by atoms with Crippen LogP contribution in [0.2, 0.25) is 0 Å². The van der Waals surface area contributed by atoms with E-state index in [4.69, 9.17) is 0 Å². The second-order valence-corrected chi connectivity index (χ2v) is 4.15. The number of benzene rings is 1. The van der Waals surface area contributed by atoms with Crippen molar-refractivity contribution in [3.8, 4) is 0 Å². The molecule has 3 nitrogen and oxygen atoms in total. The molecule has 0 unspecified atom stereocenters. The third kappa shape index (κ3) is 1.98. The Morgan fingerprint density at radius 3 is 2.76 bits per heavy atom. The van der Waals surface area contributed by atoms with Crippen LogP contribution in [-0.4, -0.2) is 18.2 Å². The Morgan fingerprint density at radius 2 is 2.12 bits per heavy atom. The summed E-state index contributed by atoms with van der Waals surface area (Å²) < 4.78 is 13.1. The Balaban J connectivity index is 2.36. The highest BCUT2D eigenvalue weighted by molar-refractivity contribution is 6.52. The number of nitrogens with zero attached hydrogens (tertiary/aromatic N) is 1. The molecule has 1 aliphatic heterocycles. The van der Waals surface area contributed by atoms with Crippen molar-refractivity contribution in [1.82, 2.24) is 0 Å². The summed E-state index contributed by atoms with van der Waals surface area (Å²) in [4.78, 5) is 24.7. The van der Waals surface area contributed by atoms with E-state index in [0.29, 0.717) is 18.7 Å². The summed E-state index contributed by atoms with van der Waals surface area (Å²) in [6.07, 6.45) is 0.592. The molecule has 1 heterocycles. The van der Waals surface area contributed by atoms with Crippen molar-refractivity contribution in [2.45, 2.75) is 13.3 Å². The number of ketones is 1. The first-order chi connectivity index (χ1) is 8.00. The molecule has 0 bridgehead atoms. The molecule has 0 fully saturated rings. The Hall–Kier alpha value is -1.97. The highest BCUT2D eigenvalue weighted by Crippen LogP contribution is 2.29. The number of rotatable bonds is 3. The fourth-order valence-electron chi connectivity index (χ4n) is 1.79. The van der Waals surface area contributed by atoms with E-state index >= 15 is 0 Å². The first kappa shape index (κ1) is 11.5. The van der Waals surface area contributed by atoms with Gasteiger partial charge in [0.2, 0.25) is 0 Å². The third-order valence-electron chi connectivity index (χ3n) is 2.70. The molecule has 88 valence electrons. The summed E-state index contributed by atoms with van der Waals surface area (Å²) in [5.74, 6) is -1.61. The Labute approximate surface area is 98.5 Å². The highest BCUT2D eigenvalue weighted by atomic mass is 19.1. The molecule has 0 saturated carbocycles. The van der Waals surface area contributed by atoms with Crippen LogP contribution in [0.5, 0.6) is 0 Å². The maximum absolute atomic E-state index is 13.1. The summed E-state index contributed by atoms with van der Waals surface area (Å²) in [5, 5.41) is 0. The first-order valence-corrected chi connectivity index (χ1v) is 5.31. The molecule has 0 spiro atoms. The Bertz CT molecular complexity index is 522. The number of halogens is 1. The van der Waals surface area contributed by atoms with Crippen molar-refractivity contribution >= 4 is 17.4 Å². The lowest BCUT2D eigenvalue weighted by molar-refractivity contribution is -0.114. The van der Waals surface area contributed by atoms with Crippen molar-refractivity contribution < 1.29 is 14.0 Å². The molecule has 0 saturated heterocycles. The number of Topliss-reactive ketones (excluding diaryl/α,β-unsaturated/α-hetero) is 1. The standard InChI is InChI=1S/C13H12FNO2/c1-8(2)5-6-15-11-7-9(14)3-4-10(11)12(16)13(15)17/h3-4,7H,1,5-6H2,2H3. The third-order valence-corrected chi connectivity index (χ3v) is 2.70. The van der Waals surface area contributed by atoms with Gasteiger partial charge in [0, 0.05) is 6.54 Å². The van der Waals surface area contributed by atoms with Crippen molar-refractivity contribution in [3.63, 3.8) is 0 Å². The number of fused-ring (bicyclic) bond motifs is 1. The van der Waals surface area contributed by atoms with Crippen LogP contribution in [0.3, 0.4) is 0 Å². The van der Waals surface area contributed by atoms with Gasteiger partial charge in [0.1, 0.15) is 5.82 Å². The molecule has 4 heteroatoms. The van der Waals surface area contributed by atoms with Crippen molar-refractivity contribution in [1.29, 1.82) is 0 Å². The van der Waals surface area contributed by atoms with Crippen LogP contribution >= 0.6 is 0 Å². The lowest BCUT2D eigenvalue weighted by Gasteiger charge is -2.16. The molecular weight excluding hydrogens is 221 g/mol. The summed E-state index contributed by atoms with van der Waals surface area (Å²) >= 11 is 0. The topological polar surface area (TPSA) is 37.4 Å². The Morgan fingerprint density at radius 1 is 1.41 bits per heavy atom. The molecular formula is C13H12FNO2. The first-order valence-electron chi connectivity index (χ1n) is 5.31. The van der Waals surface area contributed by atoms with Gasteiger partial charge in [-0.1, -0.05) is 5.57 Å². The molecule has 1 aromatic carbocycles. The van der Waals surface area contributed by atoms with Gasteiger partial charge in [-0.25, -0.2) is 4.39 Å². The van der Waals surface area contributed by atoms with Crippen LogP contribution in [0.1, 0.15) is 23.7 Å². The minimum absolute atomic E-state index is 0.276. The zero-order valence-electron chi connectivity index (χ0n) is 9.50. The van der Waals surface area contributed by atoms with Gasteiger partial charge in [0.05, 0.1) is 11.3 Å². The largest absolute Gasteiger partial charge is 0.304 e. The zero-order valence-corrected chi connectivity index (χ0v) is 9.50. The lowest BCUT2D eigenvalue weighted by atomic mass is 10.1. The van der Waals surface area contributed by atoms with Crippen LogP contribution in [0.25, 0.3) is 0 Å². The number of hydrogen-bond donors (Lipinski definition) is 0. The summed E-state index contributed by atoms with van der Waals surface area (Å²) in [6, 6.07) is 3.76. The number of anilines is 1. The van der Waals surface area contributed by atoms with Gasteiger partial charge in [-0.15, -0.1) is 6.58 Å². The van der Waals surface area contributed by atoms with E-state index in [-0.39, 0.29) is 5.56 Å². The molecule has 17 heavy (non-hydrogen) atoms. The van der Waals surface area contributed by atoms with E-state index in [9.17, 15) is 14.0 Å². The maximum atomic E-state index is 13.1. The molecule has 1 aliphatic rings. The number of amides is 1. The van der Waals surface area contributed by atoms with Gasteiger partial charge < -0.3 is 4.90 Å².